The summed E-state index contributed by atoms with van der Waals surface area (Å²) in [5.41, 5.74) is 11.7. The van der Waals surface area contributed by atoms with Gasteiger partial charge in [0.15, 0.2) is 5.71 Å². The summed E-state index contributed by atoms with van der Waals surface area (Å²) in [6, 6.07) is 42.4. The first kappa shape index (κ1) is 56.4. The minimum atomic E-state index is -0.178. The highest BCUT2D eigenvalue weighted by atomic mass is 127. The first-order valence-electron chi connectivity index (χ1n) is 26.7. The molecule has 11 heteroatoms. The Labute approximate surface area is 462 Å². The van der Waals surface area contributed by atoms with Crippen LogP contribution >= 0.6 is 0 Å². The fourth-order valence-electron chi connectivity index (χ4n) is 10.3. The van der Waals surface area contributed by atoms with Crippen LogP contribution in [-0.4, -0.2) is 74.7 Å². The van der Waals surface area contributed by atoms with Gasteiger partial charge in [0.1, 0.15) is 29.6 Å². The maximum Gasteiger partial charge on any atom is 0.251 e. The lowest BCUT2D eigenvalue weighted by Gasteiger charge is -2.27. The average molecular weight is 1120 g/mol. The Morgan fingerprint density at radius 3 is 2.01 bits per heavy atom. The first-order valence-corrected chi connectivity index (χ1v) is 26.7. The molecule has 0 unspecified atom stereocenters. The van der Waals surface area contributed by atoms with Crippen molar-refractivity contribution in [2.75, 3.05) is 57.5 Å². The van der Waals surface area contributed by atoms with Crippen LogP contribution in [0.2, 0.25) is 0 Å². The monoisotopic (exact) mass is 1120 g/mol. The van der Waals surface area contributed by atoms with Gasteiger partial charge in [-0.05, 0) is 135 Å². The van der Waals surface area contributed by atoms with Gasteiger partial charge in [0, 0.05) is 72.5 Å². The Morgan fingerprint density at radius 2 is 1.29 bits per heavy atom. The van der Waals surface area contributed by atoms with Gasteiger partial charge >= 0.3 is 0 Å². The number of carbonyl (C=O) groups is 2. The summed E-state index contributed by atoms with van der Waals surface area (Å²) in [6.07, 6.45) is 15.3. The van der Waals surface area contributed by atoms with Crippen molar-refractivity contribution < 1.29 is 57.1 Å². The molecule has 0 spiro atoms. The van der Waals surface area contributed by atoms with Gasteiger partial charge in [0.05, 0.1) is 31.8 Å². The number of benzene rings is 5. The Morgan fingerprint density at radius 1 is 0.653 bits per heavy atom. The van der Waals surface area contributed by atoms with E-state index in [-0.39, 0.29) is 46.6 Å². The molecule has 0 saturated carbocycles. The molecule has 0 fully saturated rings. The number of hydrogen-bond donors (Lipinski definition) is 2. The van der Waals surface area contributed by atoms with Crippen molar-refractivity contribution in [3.8, 4) is 17.2 Å². The number of aryl methyl sites for hydroxylation is 1. The molecular formula is C64H75IN4O6. The molecule has 75 heavy (non-hydrogen) atoms. The Kier molecular flexibility index (Phi) is 20.3. The summed E-state index contributed by atoms with van der Waals surface area (Å²) in [5, 5.41) is 5.84. The Bertz CT molecular complexity index is 2880. The molecular weight excluding hydrogens is 1050 g/mol. The van der Waals surface area contributed by atoms with Crippen molar-refractivity contribution in [2.24, 2.45) is 0 Å². The first-order chi connectivity index (χ1) is 36.0. The van der Waals surface area contributed by atoms with Crippen LogP contribution in [-0.2, 0) is 31.5 Å². The normalized spacial score (nSPS) is 16.5. The molecule has 3 aliphatic rings. The van der Waals surface area contributed by atoms with Gasteiger partial charge in [-0.2, -0.15) is 4.58 Å². The molecule has 5 aromatic carbocycles. The number of nitrogens with one attached hydrogen (secondary N) is 2. The number of hydrogen-bond acceptors (Lipinski definition) is 7. The van der Waals surface area contributed by atoms with E-state index in [0.29, 0.717) is 63.7 Å². The van der Waals surface area contributed by atoms with E-state index in [0.717, 1.165) is 68.0 Å². The number of ether oxygens (including phenoxy) is 4. The van der Waals surface area contributed by atoms with E-state index >= 15 is 0 Å². The average Bonchev–Trinajstić information content (AvgIpc) is 3.76. The minimum Gasteiger partial charge on any atom is -1.00 e. The zero-order valence-electron chi connectivity index (χ0n) is 44.8. The lowest BCUT2D eigenvalue weighted by molar-refractivity contribution is -0.437. The van der Waals surface area contributed by atoms with E-state index in [1.54, 1.807) is 24.3 Å². The van der Waals surface area contributed by atoms with Crippen LogP contribution in [0, 0.1) is 0 Å². The quantitative estimate of drug-likeness (QED) is 0.0361. The molecule has 0 aromatic heterocycles. The maximum atomic E-state index is 12.8. The number of carbonyl (C=O) groups excluding carboxylic acids is 2. The van der Waals surface area contributed by atoms with E-state index in [1.165, 1.54) is 45.1 Å². The van der Waals surface area contributed by atoms with E-state index in [4.69, 9.17) is 18.9 Å². The smallest absolute Gasteiger partial charge is 0.251 e. The van der Waals surface area contributed by atoms with Gasteiger partial charge in [-0.1, -0.05) is 101 Å². The summed E-state index contributed by atoms with van der Waals surface area (Å²) < 4.78 is 26.6. The maximum absolute atomic E-state index is 12.8. The standard InChI is InChI=1S/C64H74N4O6.HI/c1-7-41-67-56-23-14-12-21-54(56)63(3,4)58(67)36-30-48-17-16-18-49(31-37-59-64(5,6)55-22-13-15-24-57(55)68(59)42-8-2)61(48)74-53-32-25-47(26-33-53)27-38-60(69)65-39-43-71-45-46-72-44-40-66-62(70)50-28-34-52(35-29-50)73-51-19-10-9-11-20-51;/h9-15,19-26,28-37H,7-8,16-18,27,38-46H2,1-6H3,(H-,65,66,69,70);1H. The fourth-order valence-corrected chi connectivity index (χ4v) is 10.3. The Hall–Kier alpha value is -6.28. The van der Waals surface area contributed by atoms with Crippen LogP contribution < -0.4 is 49.0 Å². The van der Waals surface area contributed by atoms with Gasteiger partial charge in [-0.25, -0.2) is 0 Å². The van der Waals surface area contributed by atoms with E-state index in [2.05, 4.69) is 147 Å². The molecule has 0 saturated heterocycles. The summed E-state index contributed by atoms with van der Waals surface area (Å²) in [6.45, 7) is 18.1. The van der Waals surface area contributed by atoms with E-state index in [9.17, 15) is 9.59 Å². The van der Waals surface area contributed by atoms with Gasteiger partial charge < -0.3 is 58.5 Å². The highest BCUT2D eigenvalue weighted by molar-refractivity contribution is 6.03. The van der Waals surface area contributed by atoms with Crippen molar-refractivity contribution >= 4 is 28.9 Å². The third-order valence-corrected chi connectivity index (χ3v) is 14.2. The fraction of sp³-hybridized carbons (Fsp3) is 0.359. The molecule has 10 nitrogen and oxygen atoms in total. The van der Waals surface area contributed by atoms with E-state index < -0.39 is 0 Å². The van der Waals surface area contributed by atoms with Crippen LogP contribution in [0.3, 0.4) is 0 Å². The Balaban J connectivity index is 0.00000820. The van der Waals surface area contributed by atoms with Crippen LogP contribution in [0.5, 0.6) is 17.2 Å². The molecule has 0 radical (unpaired) electrons. The van der Waals surface area contributed by atoms with E-state index in [1.807, 2.05) is 42.5 Å². The van der Waals surface area contributed by atoms with Crippen molar-refractivity contribution in [1.82, 2.24) is 10.6 Å². The molecule has 0 atom stereocenters. The van der Waals surface area contributed by atoms with Crippen molar-refractivity contribution in [2.45, 2.75) is 97.3 Å². The number of amides is 2. The summed E-state index contributed by atoms with van der Waals surface area (Å²) in [4.78, 5) is 27.9. The van der Waals surface area contributed by atoms with Gasteiger partial charge in [0.2, 0.25) is 11.6 Å². The predicted molar refractivity (Wildman–Crippen MR) is 298 cm³/mol. The third kappa shape index (κ3) is 14.2. The van der Waals surface area contributed by atoms with Crippen LogP contribution in [0.4, 0.5) is 11.4 Å². The van der Waals surface area contributed by atoms with Crippen molar-refractivity contribution in [1.29, 1.82) is 0 Å². The summed E-state index contributed by atoms with van der Waals surface area (Å²) >= 11 is 0. The summed E-state index contributed by atoms with van der Waals surface area (Å²) in [5.74, 6) is 2.90. The number of allylic oxidation sites excluding steroid dienone is 7. The van der Waals surface area contributed by atoms with Gasteiger partial charge in [0.25, 0.3) is 5.91 Å². The topological polar surface area (TPSA) is 101 Å². The molecule has 2 amide bonds. The second-order valence-electron chi connectivity index (χ2n) is 20.3. The lowest BCUT2D eigenvalue weighted by atomic mass is 9.81. The second-order valence-corrected chi connectivity index (χ2v) is 20.3. The molecule has 0 bridgehead atoms. The summed E-state index contributed by atoms with van der Waals surface area (Å²) in [7, 11) is 0. The molecule has 394 valence electrons. The zero-order valence-corrected chi connectivity index (χ0v) is 46.9. The third-order valence-electron chi connectivity index (χ3n) is 14.2. The van der Waals surface area contributed by atoms with Crippen LogP contribution in [0.1, 0.15) is 107 Å². The molecule has 2 heterocycles. The number of halogens is 1. The lowest BCUT2D eigenvalue weighted by Crippen LogP contribution is -3.00. The zero-order chi connectivity index (χ0) is 51.9. The predicted octanol–water partition coefficient (Wildman–Crippen LogP) is 9.87. The van der Waals surface area contributed by atoms with Gasteiger partial charge in [-0.3, -0.25) is 9.59 Å². The molecule has 8 rings (SSSR count). The SMILES string of the molecule is CCCN1/C(=C/C=C2\CCCC(/C=C/C3=[N+](CCC)c4ccccc4C3(C)C)=C2Oc2ccc(CCC(=O)NCCOCCOCCNC(=O)c3ccc(Oc4ccccc4)cc3)cc2)C(C)(C)c2ccccc21.[I-]. The number of nitrogens with zero attached hydrogens (tertiary/aromatic N) is 2. The van der Waals surface area contributed by atoms with Crippen molar-refractivity contribution in [3.05, 3.63) is 197 Å². The second kappa shape index (κ2) is 27.0. The van der Waals surface area contributed by atoms with Crippen LogP contribution in [0.25, 0.3) is 0 Å². The van der Waals surface area contributed by atoms with Crippen LogP contribution in [0.15, 0.2) is 174 Å². The van der Waals surface area contributed by atoms with Crippen molar-refractivity contribution in [3.63, 3.8) is 0 Å². The molecule has 1 aliphatic carbocycles. The number of fused-ring (bicyclic) bond motifs is 2. The number of para-hydroxylation sites is 3. The molecule has 5 aromatic rings. The highest BCUT2D eigenvalue weighted by Gasteiger charge is 2.44. The van der Waals surface area contributed by atoms with Gasteiger partial charge in [-0.15, -0.1) is 0 Å². The number of rotatable bonds is 24. The largest absolute Gasteiger partial charge is 1.00 e. The minimum absolute atomic E-state index is 0. The molecule has 2 aliphatic heterocycles. The number of anilines is 1. The molecule has 2 N–H and O–H groups in total. The highest BCUT2D eigenvalue weighted by Crippen LogP contribution is 2.48.